The Balaban J connectivity index is 2.66. The molecule has 1 aromatic rings. The van der Waals surface area contributed by atoms with Gasteiger partial charge in [-0.1, -0.05) is 39.8 Å². The molecule has 0 bridgehead atoms. The predicted octanol–water partition coefficient (Wildman–Crippen LogP) is 4.50. The summed E-state index contributed by atoms with van der Waals surface area (Å²) in [6.07, 6.45) is 1.24. The summed E-state index contributed by atoms with van der Waals surface area (Å²) in [5, 5.41) is 0. The van der Waals surface area contributed by atoms with Crippen molar-refractivity contribution < 1.29 is 9.47 Å². The molecule has 108 valence electrons. The molecule has 0 N–H and O–H groups in total. The van der Waals surface area contributed by atoms with E-state index in [0.29, 0.717) is 25.0 Å². The zero-order valence-corrected chi connectivity index (χ0v) is 13.0. The van der Waals surface area contributed by atoms with Crippen LogP contribution in [0.3, 0.4) is 0 Å². The molecule has 19 heavy (non-hydrogen) atoms. The van der Waals surface area contributed by atoms with Gasteiger partial charge in [0.05, 0.1) is 6.61 Å². The zero-order valence-electron chi connectivity index (χ0n) is 13.0. The van der Waals surface area contributed by atoms with E-state index in [4.69, 9.17) is 9.47 Å². The molecule has 0 fully saturated rings. The largest absolute Gasteiger partial charge is 0.491 e. The summed E-state index contributed by atoms with van der Waals surface area (Å²) in [5.41, 5.74) is 1.42. The molecule has 0 heterocycles. The summed E-state index contributed by atoms with van der Waals surface area (Å²) in [4.78, 5) is 0. The molecule has 2 nitrogen and oxygen atoms in total. The summed E-state index contributed by atoms with van der Waals surface area (Å²) >= 11 is 0. The fourth-order valence-electron chi connectivity index (χ4n) is 2.36. The van der Waals surface area contributed by atoms with Crippen LogP contribution in [0.25, 0.3) is 0 Å². The summed E-state index contributed by atoms with van der Waals surface area (Å²) in [7, 11) is 1.69. The van der Waals surface area contributed by atoms with E-state index in [1.165, 1.54) is 12.0 Å². The van der Waals surface area contributed by atoms with E-state index < -0.39 is 0 Å². The first-order valence-electron chi connectivity index (χ1n) is 7.26. The molecule has 1 unspecified atom stereocenters. The van der Waals surface area contributed by atoms with Crippen molar-refractivity contribution in [3.05, 3.63) is 29.8 Å². The predicted molar refractivity (Wildman–Crippen MR) is 80.8 cm³/mol. The van der Waals surface area contributed by atoms with Crippen LogP contribution in [0, 0.1) is 11.8 Å². The third-order valence-corrected chi connectivity index (χ3v) is 3.39. The van der Waals surface area contributed by atoms with Gasteiger partial charge in [-0.05, 0) is 41.9 Å². The molecule has 0 aliphatic rings. The second kappa shape index (κ2) is 8.21. The van der Waals surface area contributed by atoms with Crippen LogP contribution in [0.5, 0.6) is 5.75 Å². The van der Waals surface area contributed by atoms with Crippen LogP contribution in [0.2, 0.25) is 0 Å². The molecule has 0 aromatic heterocycles. The van der Waals surface area contributed by atoms with Crippen molar-refractivity contribution in [1.82, 2.24) is 0 Å². The first-order chi connectivity index (χ1) is 9.04. The van der Waals surface area contributed by atoms with Gasteiger partial charge in [0.25, 0.3) is 0 Å². The van der Waals surface area contributed by atoms with Crippen LogP contribution in [-0.4, -0.2) is 20.3 Å². The van der Waals surface area contributed by atoms with Crippen molar-refractivity contribution in [2.24, 2.45) is 11.8 Å². The van der Waals surface area contributed by atoms with Crippen LogP contribution in [0.15, 0.2) is 24.3 Å². The Bertz CT molecular complexity index is 341. The molecule has 0 saturated carbocycles. The van der Waals surface area contributed by atoms with E-state index in [-0.39, 0.29) is 0 Å². The summed E-state index contributed by atoms with van der Waals surface area (Å²) in [5.74, 6) is 2.95. The van der Waals surface area contributed by atoms with Gasteiger partial charge in [0, 0.05) is 7.11 Å². The third kappa shape index (κ3) is 5.65. The molecule has 1 aromatic carbocycles. The van der Waals surface area contributed by atoms with E-state index in [1.54, 1.807) is 7.11 Å². The first-order valence-corrected chi connectivity index (χ1v) is 7.26. The molecule has 2 heteroatoms. The van der Waals surface area contributed by atoms with Crippen LogP contribution in [0.4, 0.5) is 0 Å². The van der Waals surface area contributed by atoms with Crippen molar-refractivity contribution in [1.29, 1.82) is 0 Å². The second-order valence-corrected chi connectivity index (χ2v) is 5.89. The fourth-order valence-corrected chi connectivity index (χ4v) is 2.36. The number of ether oxygens (including phenoxy) is 2. The number of rotatable bonds is 8. The SMILES string of the molecule is COCCOc1ccc(C(CC(C)C)C(C)C)cc1. The maximum Gasteiger partial charge on any atom is 0.119 e. The molecule has 1 atom stereocenters. The molecular weight excluding hydrogens is 236 g/mol. The molecule has 0 aliphatic carbocycles. The Hall–Kier alpha value is -1.02. The maximum absolute atomic E-state index is 5.60. The lowest BCUT2D eigenvalue weighted by Gasteiger charge is -2.23. The zero-order chi connectivity index (χ0) is 14.3. The lowest BCUT2D eigenvalue weighted by atomic mass is 9.82. The highest BCUT2D eigenvalue weighted by Crippen LogP contribution is 2.31. The summed E-state index contributed by atoms with van der Waals surface area (Å²) < 4.78 is 10.6. The van der Waals surface area contributed by atoms with E-state index in [0.717, 1.165) is 11.7 Å². The van der Waals surface area contributed by atoms with Gasteiger partial charge >= 0.3 is 0 Å². The Morgan fingerprint density at radius 3 is 2.05 bits per heavy atom. The highest BCUT2D eigenvalue weighted by atomic mass is 16.5. The number of benzene rings is 1. The smallest absolute Gasteiger partial charge is 0.119 e. The fraction of sp³-hybridized carbons (Fsp3) is 0.647. The summed E-state index contributed by atoms with van der Waals surface area (Å²) in [6.45, 7) is 10.4. The third-order valence-electron chi connectivity index (χ3n) is 3.39. The van der Waals surface area contributed by atoms with Crippen LogP contribution in [-0.2, 0) is 4.74 Å². The first kappa shape index (κ1) is 16.0. The van der Waals surface area contributed by atoms with Gasteiger partial charge in [0.1, 0.15) is 12.4 Å². The van der Waals surface area contributed by atoms with Gasteiger partial charge in [0.15, 0.2) is 0 Å². The van der Waals surface area contributed by atoms with Gasteiger partial charge in [-0.25, -0.2) is 0 Å². The van der Waals surface area contributed by atoms with Crippen molar-refractivity contribution >= 4 is 0 Å². The standard InChI is InChI=1S/C17H28O2/c1-13(2)12-17(14(3)4)15-6-8-16(9-7-15)19-11-10-18-5/h6-9,13-14,17H,10-12H2,1-5H3. The van der Waals surface area contributed by atoms with Crippen LogP contribution >= 0.6 is 0 Å². The quantitative estimate of drug-likeness (QED) is 0.644. The Morgan fingerprint density at radius 2 is 1.58 bits per heavy atom. The monoisotopic (exact) mass is 264 g/mol. The molecule has 1 rings (SSSR count). The van der Waals surface area contributed by atoms with Crippen molar-refractivity contribution in [3.63, 3.8) is 0 Å². The van der Waals surface area contributed by atoms with Gasteiger partial charge < -0.3 is 9.47 Å². The highest BCUT2D eigenvalue weighted by Gasteiger charge is 2.17. The van der Waals surface area contributed by atoms with E-state index >= 15 is 0 Å². The minimum absolute atomic E-state index is 0.607. The van der Waals surface area contributed by atoms with Gasteiger partial charge in [0.2, 0.25) is 0 Å². The Labute approximate surface area is 118 Å². The van der Waals surface area contributed by atoms with Gasteiger partial charge in [-0.3, -0.25) is 0 Å². The van der Waals surface area contributed by atoms with Crippen molar-refractivity contribution in [2.45, 2.75) is 40.0 Å². The second-order valence-electron chi connectivity index (χ2n) is 5.89. The molecule has 0 aliphatic heterocycles. The topological polar surface area (TPSA) is 18.5 Å². The average molecular weight is 264 g/mol. The van der Waals surface area contributed by atoms with E-state index in [1.807, 2.05) is 0 Å². The molecule has 0 radical (unpaired) electrons. The molecule has 0 amide bonds. The summed E-state index contributed by atoms with van der Waals surface area (Å²) in [6, 6.07) is 8.55. The van der Waals surface area contributed by atoms with Gasteiger partial charge in [-0.15, -0.1) is 0 Å². The molecule has 0 saturated heterocycles. The normalized spacial score (nSPS) is 13.0. The van der Waals surface area contributed by atoms with Crippen molar-refractivity contribution in [2.75, 3.05) is 20.3 Å². The molecular formula is C17H28O2. The number of methoxy groups -OCH3 is 1. The lowest BCUT2D eigenvalue weighted by Crippen LogP contribution is -2.10. The minimum atomic E-state index is 0.607. The van der Waals surface area contributed by atoms with Crippen LogP contribution in [0.1, 0.15) is 45.6 Å². The average Bonchev–Trinajstić information content (AvgIpc) is 2.37. The molecule has 0 spiro atoms. The number of hydrogen-bond acceptors (Lipinski definition) is 2. The van der Waals surface area contributed by atoms with Gasteiger partial charge in [-0.2, -0.15) is 0 Å². The van der Waals surface area contributed by atoms with Crippen molar-refractivity contribution in [3.8, 4) is 5.75 Å². The highest BCUT2D eigenvalue weighted by molar-refractivity contribution is 5.29. The Morgan fingerprint density at radius 1 is 0.947 bits per heavy atom. The van der Waals surface area contributed by atoms with Crippen LogP contribution < -0.4 is 4.74 Å². The maximum atomic E-state index is 5.60. The van der Waals surface area contributed by atoms with E-state index in [2.05, 4.69) is 52.0 Å². The lowest BCUT2D eigenvalue weighted by molar-refractivity contribution is 0.146. The van der Waals surface area contributed by atoms with E-state index in [9.17, 15) is 0 Å². The minimum Gasteiger partial charge on any atom is -0.491 e. The Kier molecular flexibility index (Phi) is 6.93. The number of hydrogen-bond donors (Lipinski definition) is 0.